The maximum Gasteiger partial charge on any atom is 0.316 e. The van der Waals surface area contributed by atoms with E-state index in [0.29, 0.717) is 61.5 Å². The number of esters is 1. The van der Waals surface area contributed by atoms with Crippen LogP contribution < -0.4 is 0 Å². The largest absolute Gasteiger partial charge is 0.462 e. The quantitative estimate of drug-likeness (QED) is 0.204. The lowest BCUT2D eigenvalue weighted by Gasteiger charge is -2.51. The highest BCUT2D eigenvalue weighted by Gasteiger charge is 2.60. The molecule has 0 aromatic rings. The van der Waals surface area contributed by atoms with E-state index in [0.717, 1.165) is 18.4 Å². The monoisotopic (exact) mass is 875 g/mol. The molecule has 0 amide bonds. The van der Waals surface area contributed by atoms with Gasteiger partial charge in [-0.25, -0.2) is 0 Å². The number of fused-ring (bicyclic) bond motifs is 2. The van der Waals surface area contributed by atoms with Crippen molar-refractivity contribution < 1.29 is 67.5 Å². The summed E-state index contributed by atoms with van der Waals surface area (Å²) in [6.45, 7) is 16.3. The smallest absolute Gasteiger partial charge is 0.316 e. The van der Waals surface area contributed by atoms with Gasteiger partial charge < -0.3 is 62.7 Å². The summed E-state index contributed by atoms with van der Waals surface area (Å²) in [5, 5.41) is 34.2. The molecule has 14 heteroatoms. The van der Waals surface area contributed by atoms with Crippen LogP contribution in [0.15, 0.2) is 47.1 Å². The Morgan fingerprint density at radius 1 is 0.919 bits per heavy atom. The van der Waals surface area contributed by atoms with Crippen LogP contribution >= 0.6 is 0 Å². The van der Waals surface area contributed by atoms with E-state index >= 15 is 0 Å². The van der Waals surface area contributed by atoms with Gasteiger partial charge in [0, 0.05) is 52.2 Å². The summed E-state index contributed by atoms with van der Waals surface area (Å²) < 4.78 is 63.9. The lowest BCUT2D eigenvalue weighted by atomic mass is 9.71. The minimum atomic E-state index is -1.82. The molecule has 5 fully saturated rings. The number of aliphatic hydroxyl groups is 3. The topological polar surface area (TPSA) is 170 Å². The zero-order valence-electron chi connectivity index (χ0n) is 38.5. The van der Waals surface area contributed by atoms with Gasteiger partial charge in [0.2, 0.25) is 0 Å². The average Bonchev–Trinajstić information content (AvgIpc) is 3.58. The van der Waals surface area contributed by atoms with E-state index in [-0.39, 0.29) is 30.8 Å². The van der Waals surface area contributed by atoms with Gasteiger partial charge in [-0.05, 0) is 69.1 Å². The Balaban J connectivity index is 1.18. The number of hydrogen-bond donors (Lipinski definition) is 3. The summed E-state index contributed by atoms with van der Waals surface area (Å²) in [4.78, 5) is 14.4. The summed E-state index contributed by atoms with van der Waals surface area (Å²) in [7, 11) is 3.23. The maximum atomic E-state index is 14.4. The number of carbonyl (C=O) groups excluding carboxylic acids is 1. The van der Waals surface area contributed by atoms with E-state index in [1.165, 1.54) is 0 Å². The van der Waals surface area contributed by atoms with Crippen molar-refractivity contribution in [1.82, 2.24) is 0 Å². The second-order valence-electron chi connectivity index (χ2n) is 19.4. The van der Waals surface area contributed by atoms with E-state index in [1.807, 2.05) is 19.1 Å². The molecule has 2 bridgehead atoms. The Bertz CT molecular complexity index is 1680. The number of hydrogen-bond acceptors (Lipinski definition) is 14. The first-order chi connectivity index (χ1) is 29.5. The highest BCUT2D eigenvalue weighted by atomic mass is 16.7. The molecule has 14 nitrogen and oxygen atoms in total. The van der Waals surface area contributed by atoms with Crippen LogP contribution in [0.3, 0.4) is 0 Å². The predicted molar refractivity (Wildman–Crippen MR) is 227 cm³/mol. The average molecular weight is 875 g/mol. The Hall–Kier alpha value is -2.05. The van der Waals surface area contributed by atoms with Gasteiger partial charge in [-0.1, -0.05) is 64.5 Å². The Morgan fingerprint density at radius 3 is 2.35 bits per heavy atom. The molecule has 7 rings (SSSR count). The third kappa shape index (κ3) is 9.73. The first-order valence-corrected chi connectivity index (χ1v) is 23.2. The van der Waals surface area contributed by atoms with Gasteiger partial charge in [-0.3, -0.25) is 4.79 Å². The molecule has 7 aliphatic rings. The third-order valence-corrected chi connectivity index (χ3v) is 14.9. The normalized spacial score (nSPS) is 47.2. The highest BCUT2D eigenvalue weighted by molar-refractivity contribution is 5.78. The first kappa shape index (κ1) is 47.9. The van der Waals surface area contributed by atoms with Crippen LogP contribution in [0.1, 0.15) is 107 Å². The number of carbonyl (C=O) groups is 1. The molecule has 0 saturated carbocycles. The molecular formula is C48H74O14. The van der Waals surface area contributed by atoms with Gasteiger partial charge in [0.1, 0.15) is 42.0 Å². The van der Waals surface area contributed by atoms with E-state index in [9.17, 15) is 20.1 Å². The van der Waals surface area contributed by atoms with Crippen LogP contribution in [0.2, 0.25) is 0 Å². The van der Waals surface area contributed by atoms with Crippen molar-refractivity contribution in [1.29, 1.82) is 0 Å². The zero-order chi connectivity index (χ0) is 44.7. The van der Waals surface area contributed by atoms with Crippen LogP contribution in [0.4, 0.5) is 0 Å². The molecule has 5 saturated heterocycles. The number of aliphatic hydroxyl groups excluding tert-OH is 2. The van der Waals surface area contributed by atoms with Gasteiger partial charge >= 0.3 is 5.97 Å². The maximum absolute atomic E-state index is 14.4. The van der Waals surface area contributed by atoms with Gasteiger partial charge in [0.05, 0.1) is 49.3 Å². The second-order valence-corrected chi connectivity index (χ2v) is 19.4. The minimum absolute atomic E-state index is 0.00708. The number of rotatable bonds is 8. The lowest BCUT2D eigenvalue weighted by molar-refractivity contribution is -0.340. The predicted octanol–water partition coefficient (Wildman–Crippen LogP) is 5.60. The zero-order valence-corrected chi connectivity index (χ0v) is 38.5. The van der Waals surface area contributed by atoms with Crippen molar-refractivity contribution in [2.24, 2.45) is 23.7 Å². The molecule has 3 N–H and O–H groups in total. The van der Waals surface area contributed by atoms with Crippen molar-refractivity contribution in [3.8, 4) is 0 Å². The van der Waals surface area contributed by atoms with Crippen molar-refractivity contribution in [2.45, 2.75) is 204 Å². The summed E-state index contributed by atoms with van der Waals surface area (Å²) in [6, 6.07) is 0. The molecule has 6 heterocycles. The second kappa shape index (κ2) is 19.8. The Kier molecular flexibility index (Phi) is 15.3. The number of ether oxygens (including phenoxy) is 10. The van der Waals surface area contributed by atoms with Crippen molar-refractivity contribution in [2.75, 3.05) is 20.8 Å². The van der Waals surface area contributed by atoms with Gasteiger partial charge in [-0.15, -0.1) is 0 Å². The van der Waals surface area contributed by atoms with Crippen LogP contribution in [0, 0.1) is 23.7 Å². The third-order valence-electron chi connectivity index (χ3n) is 14.9. The first-order valence-electron chi connectivity index (χ1n) is 23.2. The Labute approximate surface area is 368 Å². The highest BCUT2D eigenvalue weighted by Crippen LogP contribution is 2.48. The van der Waals surface area contributed by atoms with E-state index in [4.69, 9.17) is 47.4 Å². The molecule has 9 unspecified atom stereocenters. The minimum Gasteiger partial charge on any atom is -0.462 e. The molecule has 350 valence electrons. The number of methoxy groups -OCH3 is 2. The molecule has 1 spiro atoms. The summed E-state index contributed by atoms with van der Waals surface area (Å²) >= 11 is 0. The van der Waals surface area contributed by atoms with Crippen LogP contribution in [0.25, 0.3) is 0 Å². The number of allylic oxidation sites excluding steroid dienone is 2. The van der Waals surface area contributed by atoms with E-state index in [2.05, 4.69) is 40.7 Å². The van der Waals surface area contributed by atoms with Crippen LogP contribution in [-0.2, 0) is 52.2 Å². The summed E-state index contributed by atoms with van der Waals surface area (Å²) in [6.07, 6.45) is 6.53. The lowest BCUT2D eigenvalue weighted by Crippen LogP contribution is -2.58. The summed E-state index contributed by atoms with van der Waals surface area (Å²) in [5.74, 6) is -2.10. The fourth-order valence-electron chi connectivity index (χ4n) is 11.0. The van der Waals surface area contributed by atoms with Gasteiger partial charge in [-0.2, -0.15) is 0 Å². The molecule has 0 aromatic heterocycles. The summed E-state index contributed by atoms with van der Waals surface area (Å²) in [5.41, 5.74) is 0.188. The van der Waals surface area contributed by atoms with E-state index in [1.54, 1.807) is 40.2 Å². The molecule has 62 heavy (non-hydrogen) atoms. The molecule has 20 atom stereocenters. The SMILES string of the molecule is CC[C@H](C)C1O[C@]2(CCC1C)CC1CC(CC=C(C)C(O[C@H]3C[C@H](OC)[C@@H](O[C@H]4C[C@H](OC)[C@@H](O)[C@H](C)O4)[C@H](C)O3)C(C)C=CC=C3COC4C(O)C(C)=CC(C(=O)O1)[C@]34O)O2. The van der Waals surface area contributed by atoms with Crippen LogP contribution in [0.5, 0.6) is 0 Å². The van der Waals surface area contributed by atoms with Crippen molar-refractivity contribution in [3.63, 3.8) is 0 Å². The molecule has 0 radical (unpaired) electrons. The molecular weight excluding hydrogens is 801 g/mol. The van der Waals surface area contributed by atoms with Gasteiger partial charge in [0.15, 0.2) is 18.4 Å². The van der Waals surface area contributed by atoms with Gasteiger partial charge in [0.25, 0.3) is 0 Å². The molecule has 0 aromatic carbocycles. The van der Waals surface area contributed by atoms with Crippen molar-refractivity contribution >= 4 is 5.97 Å². The molecule has 6 aliphatic heterocycles. The van der Waals surface area contributed by atoms with E-state index < -0.39 is 90.8 Å². The van der Waals surface area contributed by atoms with Crippen LogP contribution in [-0.4, -0.2) is 139 Å². The fraction of sp³-hybridized carbons (Fsp3) is 0.812. The standard InChI is InChI=1S/C48H74O14/c1-11-25(2)43-28(5)17-18-47(62-43)23-34-20-33(61-47)16-15-27(4)42(26(3)13-12-14-32-24-55-45-40(49)29(6)19-35(46(51)58-34)48(32,45)52)59-39-22-37(54-10)44(31(8)57-39)60-38-21-36(53-9)41(50)30(7)56-38/h12-15,19,25-26,28,30-31,33-45,49-50,52H,11,16-18,20-24H2,1-10H3/t25-,26?,28?,30-,31-,33?,34?,35?,36-,37-,38-,39-,40?,41-,42?,43?,44-,45?,47+,48+/m0/s1. The van der Waals surface area contributed by atoms with Crippen molar-refractivity contribution in [3.05, 3.63) is 47.1 Å². The Morgan fingerprint density at radius 2 is 1.63 bits per heavy atom. The molecule has 1 aliphatic carbocycles. The fourth-order valence-corrected chi connectivity index (χ4v) is 11.0.